The molecule has 0 aliphatic heterocycles. The van der Waals surface area contributed by atoms with Crippen molar-refractivity contribution in [3.05, 3.63) is 0 Å². The van der Waals surface area contributed by atoms with Crippen molar-refractivity contribution >= 4 is 52.8 Å². The van der Waals surface area contributed by atoms with Gasteiger partial charge in [0.15, 0.2) is 6.04 Å². The maximum absolute atomic E-state index is 11.3. The number of carbonyl (C=O) groups is 3. The van der Waals surface area contributed by atoms with Gasteiger partial charge in [-0.15, -0.1) is 0 Å². The minimum atomic E-state index is -1.81. The number of ether oxygens (including phenoxy) is 2. The number of halogens is 3. The summed E-state index contributed by atoms with van der Waals surface area (Å²) in [7, 11) is 0. The second kappa shape index (κ2) is 7.62. The molecular weight excluding hydrogens is 324 g/mol. The van der Waals surface area contributed by atoms with Crippen molar-refractivity contribution < 1.29 is 29.0 Å². The number of hydrogen-bond donors (Lipinski definition) is 2. The average Bonchev–Trinajstić information content (AvgIpc) is 2.20. The van der Waals surface area contributed by atoms with Gasteiger partial charge in [0.25, 0.3) is 0 Å². The number of hydrogen-bond acceptors (Lipinski definition) is 5. The van der Waals surface area contributed by atoms with Crippen molar-refractivity contribution in [2.24, 2.45) is 0 Å². The molecule has 0 radical (unpaired) electrons. The molecule has 0 saturated carbocycles. The predicted molar refractivity (Wildman–Crippen MR) is 67.4 cm³/mol. The Labute approximate surface area is 124 Å². The van der Waals surface area contributed by atoms with Crippen LogP contribution in [0.15, 0.2) is 0 Å². The first-order valence-corrected chi connectivity index (χ1v) is 6.06. The molecule has 0 saturated heterocycles. The maximum Gasteiger partial charge on any atom is 0.408 e. The number of alkyl halides is 3. The number of esters is 1. The predicted octanol–water partition coefficient (Wildman–Crippen LogP) is 1.49. The molecule has 0 aliphatic carbocycles. The van der Waals surface area contributed by atoms with E-state index in [-0.39, 0.29) is 0 Å². The monoisotopic (exact) mass is 335 g/mol. The van der Waals surface area contributed by atoms with Gasteiger partial charge in [-0.05, 0) is 6.92 Å². The van der Waals surface area contributed by atoms with E-state index in [4.69, 9.17) is 39.9 Å². The van der Waals surface area contributed by atoms with Crippen LogP contribution in [-0.2, 0) is 19.1 Å². The first-order valence-electron chi connectivity index (χ1n) is 4.93. The highest BCUT2D eigenvalue weighted by molar-refractivity contribution is 6.67. The minimum Gasteiger partial charge on any atom is -0.480 e. The van der Waals surface area contributed by atoms with Crippen LogP contribution >= 0.6 is 34.8 Å². The van der Waals surface area contributed by atoms with Gasteiger partial charge in [-0.1, -0.05) is 34.8 Å². The summed E-state index contributed by atoms with van der Waals surface area (Å²) < 4.78 is 7.34. The second-order valence-corrected chi connectivity index (χ2v) is 5.98. The Kier molecular flexibility index (Phi) is 7.25. The summed E-state index contributed by atoms with van der Waals surface area (Å²) >= 11 is 16.0. The van der Waals surface area contributed by atoms with Crippen LogP contribution in [0.2, 0.25) is 0 Å². The van der Waals surface area contributed by atoms with Gasteiger partial charge in [-0.3, -0.25) is 4.79 Å². The zero-order valence-electron chi connectivity index (χ0n) is 9.98. The van der Waals surface area contributed by atoms with E-state index in [1.807, 2.05) is 5.32 Å². The fourth-order valence-electron chi connectivity index (χ4n) is 1.03. The van der Waals surface area contributed by atoms with E-state index in [1.165, 1.54) is 6.92 Å². The van der Waals surface area contributed by atoms with Gasteiger partial charge in [0, 0.05) is 6.92 Å². The summed E-state index contributed by atoms with van der Waals surface area (Å²) in [5.41, 5.74) is 0. The van der Waals surface area contributed by atoms with Crippen molar-refractivity contribution in [2.75, 3.05) is 6.61 Å². The molecule has 2 unspecified atom stereocenters. The summed E-state index contributed by atoms with van der Waals surface area (Å²) in [6.45, 7) is 1.85. The molecule has 2 N–H and O–H groups in total. The maximum atomic E-state index is 11.3. The lowest BCUT2D eigenvalue weighted by atomic mass is 10.2. The Bertz CT molecular complexity index is 356. The molecule has 0 rings (SSSR count). The van der Waals surface area contributed by atoms with E-state index >= 15 is 0 Å². The van der Waals surface area contributed by atoms with Crippen LogP contribution in [0.3, 0.4) is 0 Å². The van der Waals surface area contributed by atoms with Gasteiger partial charge in [0.05, 0.1) is 0 Å². The van der Waals surface area contributed by atoms with Crippen molar-refractivity contribution in [1.29, 1.82) is 0 Å². The quantitative estimate of drug-likeness (QED) is 0.582. The third-order valence-electron chi connectivity index (χ3n) is 1.73. The Balaban J connectivity index is 4.46. The smallest absolute Gasteiger partial charge is 0.408 e. The van der Waals surface area contributed by atoms with Crippen LogP contribution in [0.5, 0.6) is 0 Å². The highest BCUT2D eigenvalue weighted by Gasteiger charge is 2.30. The van der Waals surface area contributed by atoms with Gasteiger partial charge in [-0.25, -0.2) is 9.59 Å². The van der Waals surface area contributed by atoms with E-state index in [0.29, 0.717) is 0 Å². The van der Waals surface area contributed by atoms with Crippen LogP contribution in [0.1, 0.15) is 13.8 Å². The van der Waals surface area contributed by atoms with Crippen LogP contribution in [0.4, 0.5) is 4.79 Å². The topological polar surface area (TPSA) is 102 Å². The largest absolute Gasteiger partial charge is 0.480 e. The molecule has 110 valence electrons. The molecule has 0 bridgehead atoms. The van der Waals surface area contributed by atoms with Gasteiger partial charge >= 0.3 is 18.0 Å². The van der Waals surface area contributed by atoms with E-state index in [2.05, 4.69) is 9.47 Å². The Morgan fingerprint density at radius 1 is 1.32 bits per heavy atom. The van der Waals surface area contributed by atoms with Crippen molar-refractivity contribution in [3.8, 4) is 0 Å². The highest BCUT2D eigenvalue weighted by atomic mass is 35.6. The highest BCUT2D eigenvalue weighted by Crippen LogP contribution is 2.25. The first-order chi connectivity index (χ1) is 8.53. The van der Waals surface area contributed by atoms with Crippen molar-refractivity contribution in [1.82, 2.24) is 5.32 Å². The molecule has 1 amide bonds. The van der Waals surface area contributed by atoms with Crippen LogP contribution in [-0.4, -0.2) is 45.7 Å². The molecular formula is C9H12Cl3NO6. The fraction of sp³-hybridized carbons (Fsp3) is 0.667. The first kappa shape index (κ1) is 18.1. The molecule has 19 heavy (non-hydrogen) atoms. The normalized spacial score (nSPS) is 14.2. The molecule has 7 nitrogen and oxygen atoms in total. The molecule has 0 spiro atoms. The third-order valence-corrected chi connectivity index (χ3v) is 2.05. The standard InChI is InChI=1S/C9H12Cl3NO6/c1-4(19-5(2)14)6(7(15)16)13-8(17)18-3-9(10,11)12/h4,6H,3H2,1-2H3,(H,13,17)(H,15,16). The van der Waals surface area contributed by atoms with Crippen molar-refractivity contribution in [3.63, 3.8) is 0 Å². The number of carbonyl (C=O) groups excluding carboxylic acids is 2. The zero-order valence-corrected chi connectivity index (χ0v) is 12.3. The Hall–Kier alpha value is -0.920. The molecule has 0 fully saturated rings. The Morgan fingerprint density at radius 3 is 2.21 bits per heavy atom. The SMILES string of the molecule is CC(=O)OC(C)C(NC(=O)OCC(Cl)(Cl)Cl)C(=O)O. The molecule has 2 atom stereocenters. The minimum absolute atomic E-state index is 0.558. The number of carboxylic acids is 1. The summed E-state index contributed by atoms with van der Waals surface area (Å²) in [5.74, 6) is -2.09. The third kappa shape index (κ3) is 8.74. The van der Waals surface area contributed by atoms with Crippen molar-refractivity contribution in [2.45, 2.75) is 29.8 Å². The number of nitrogens with one attached hydrogen (secondary N) is 1. The van der Waals surface area contributed by atoms with Gasteiger partial charge in [0.2, 0.25) is 3.79 Å². The van der Waals surface area contributed by atoms with E-state index in [0.717, 1.165) is 6.92 Å². The summed E-state index contributed by atoms with van der Waals surface area (Å²) in [5, 5.41) is 10.9. The lowest BCUT2D eigenvalue weighted by Crippen LogP contribution is -2.49. The number of rotatable bonds is 5. The van der Waals surface area contributed by atoms with E-state index < -0.39 is 40.6 Å². The molecule has 0 heterocycles. The summed E-state index contributed by atoms with van der Waals surface area (Å²) in [4.78, 5) is 32.9. The van der Waals surface area contributed by atoms with Gasteiger partial charge in [0.1, 0.15) is 12.7 Å². The molecule has 0 aromatic carbocycles. The molecule has 0 aromatic rings. The second-order valence-electron chi connectivity index (χ2n) is 3.47. The zero-order chi connectivity index (χ0) is 15.2. The number of aliphatic carboxylic acids is 1. The fourth-order valence-corrected chi connectivity index (χ4v) is 1.19. The van der Waals surface area contributed by atoms with Gasteiger partial charge in [-0.2, -0.15) is 0 Å². The lowest BCUT2D eigenvalue weighted by molar-refractivity contribution is -0.152. The summed E-state index contributed by atoms with van der Waals surface area (Å²) in [6, 6.07) is -1.48. The molecule has 0 aromatic heterocycles. The average molecular weight is 337 g/mol. The summed E-state index contributed by atoms with van der Waals surface area (Å²) in [6.07, 6.45) is -2.20. The van der Waals surface area contributed by atoms with Crippen LogP contribution in [0, 0.1) is 0 Å². The number of alkyl carbamates (subject to hydrolysis) is 1. The van der Waals surface area contributed by atoms with Crippen LogP contribution < -0.4 is 5.32 Å². The van der Waals surface area contributed by atoms with E-state index in [9.17, 15) is 14.4 Å². The van der Waals surface area contributed by atoms with E-state index in [1.54, 1.807) is 0 Å². The van der Waals surface area contributed by atoms with Crippen LogP contribution in [0.25, 0.3) is 0 Å². The Morgan fingerprint density at radius 2 is 1.84 bits per heavy atom. The lowest BCUT2D eigenvalue weighted by Gasteiger charge is -2.21. The molecule has 0 aliphatic rings. The number of amides is 1. The van der Waals surface area contributed by atoms with Gasteiger partial charge < -0.3 is 19.9 Å². The number of carboxylic acid groups (broad SMARTS) is 1. The molecule has 10 heteroatoms.